The van der Waals surface area contributed by atoms with Crippen molar-refractivity contribution < 1.29 is 0 Å². The fourth-order valence-electron chi connectivity index (χ4n) is 2.00. The minimum atomic E-state index is -0.0372. The van der Waals surface area contributed by atoms with Crippen molar-refractivity contribution in [3.63, 3.8) is 0 Å². The Hall–Kier alpha value is -1.03. The van der Waals surface area contributed by atoms with Gasteiger partial charge in [0, 0.05) is 23.7 Å². The second-order valence-corrected chi connectivity index (χ2v) is 3.83. The van der Waals surface area contributed by atoms with Crippen molar-refractivity contribution in [2.75, 3.05) is 0 Å². The summed E-state index contributed by atoms with van der Waals surface area (Å²) in [6.45, 7) is 0. The Labute approximate surface area is 76.5 Å². The number of nitrogens with two attached hydrogens (primary N) is 1. The van der Waals surface area contributed by atoms with Gasteiger partial charge in [-0.25, -0.2) is 0 Å². The summed E-state index contributed by atoms with van der Waals surface area (Å²) in [6, 6.07) is 2.02. The van der Waals surface area contributed by atoms with Crippen molar-refractivity contribution in [3.8, 4) is 0 Å². The highest BCUT2D eigenvalue weighted by atomic mass is 16.1. The maximum atomic E-state index is 10.9. The number of nitrogens with one attached hydrogen (secondary N) is 2. The van der Waals surface area contributed by atoms with Gasteiger partial charge in [-0.2, -0.15) is 0 Å². The highest BCUT2D eigenvalue weighted by Crippen LogP contribution is 2.30. The van der Waals surface area contributed by atoms with Crippen molar-refractivity contribution in [2.45, 2.75) is 37.6 Å². The molecule has 4 nitrogen and oxygen atoms in total. The fraction of sp³-hybridized carbons (Fsp3) is 0.667. The molecule has 0 bridgehead atoms. The first-order valence-electron chi connectivity index (χ1n) is 4.79. The SMILES string of the molecule is NC1CCC(c2cc(=O)[nH][nH]2)CC1. The summed E-state index contributed by atoms with van der Waals surface area (Å²) in [5, 5.41) is 5.48. The molecule has 0 aliphatic heterocycles. The van der Waals surface area contributed by atoms with Crippen molar-refractivity contribution >= 4 is 0 Å². The van der Waals surface area contributed by atoms with E-state index in [2.05, 4.69) is 10.2 Å². The van der Waals surface area contributed by atoms with Gasteiger partial charge in [-0.3, -0.25) is 9.89 Å². The predicted molar refractivity (Wildman–Crippen MR) is 50.6 cm³/mol. The number of aromatic amines is 2. The molecule has 0 radical (unpaired) electrons. The maximum absolute atomic E-state index is 10.9. The molecule has 1 aliphatic carbocycles. The molecule has 0 atom stereocenters. The second-order valence-electron chi connectivity index (χ2n) is 3.83. The van der Waals surface area contributed by atoms with Crippen LogP contribution in [0.5, 0.6) is 0 Å². The van der Waals surface area contributed by atoms with Crippen LogP contribution >= 0.6 is 0 Å². The van der Waals surface area contributed by atoms with Crippen molar-refractivity contribution in [1.29, 1.82) is 0 Å². The van der Waals surface area contributed by atoms with Gasteiger partial charge in [0.1, 0.15) is 0 Å². The van der Waals surface area contributed by atoms with E-state index < -0.39 is 0 Å². The first-order valence-corrected chi connectivity index (χ1v) is 4.79. The number of hydrogen-bond acceptors (Lipinski definition) is 2. The lowest BCUT2D eigenvalue weighted by Crippen LogP contribution is -2.25. The van der Waals surface area contributed by atoms with E-state index in [4.69, 9.17) is 5.73 Å². The third-order valence-corrected chi connectivity index (χ3v) is 2.83. The molecule has 0 saturated heterocycles. The standard InChI is InChI=1S/C9H15N3O/c10-7-3-1-6(2-4-7)8-5-9(13)12-11-8/h5-7H,1-4,10H2,(H2,11,12,13). The molecule has 2 rings (SSSR count). The Bertz CT molecular complexity index is 320. The van der Waals surface area contributed by atoms with E-state index in [1.165, 1.54) is 0 Å². The van der Waals surface area contributed by atoms with Gasteiger partial charge in [0.05, 0.1) is 0 Å². The van der Waals surface area contributed by atoms with E-state index in [0.29, 0.717) is 12.0 Å². The average molecular weight is 181 g/mol. The summed E-state index contributed by atoms with van der Waals surface area (Å²) in [5.41, 5.74) is 6.80. The summed E-state index contributed by atoms with van der Waals surface area (Å²) in [7, 11) is 0. The zero-order valence-electron chi connectivity index (χ0n) is 7.55. The highest BCUT2D eigenvalue weighted by Gasteiger charge is 2.20. The third kappa shape index (κ3) is 1.83. The van der Waals surface area contributed by atoms with E-state index in [0.717, 1.165) is 31.4 Å². The van der Waals surface area contributed by atoms with Crippen LogP contribution in [-0.2, 0) is 0 Å². The summed E-state index contributed by atoms with van der Waals surface area (Å²) < 4.78 is 0. The molecule has 1 saturated carbocycles. The van der Waals surface area contributed by atoms with E-state index in [9.17, 15) is 4.79 Å². The van der Waals surface area contributed by atoms with Gasteiger partial charge >= 0.3 is 0 Å². The number of hydrogen-bond donors (Lipinski definition) is 3. The summed E-state index contributed by atoms with van der Waals surface area (Å²) in [4.78, 5) is 10.9. The van der Waals surface area contributed by atoms with Crippen LogP contribution in [0, 0.1) is 0 Å². The molecule has 1 fully saturated rings. The van der Waals surface area contributed by atoms with Gasteiger partial charge in [-0.05, 0) is 25.7 Å². The highest BCUT2D eigenvalue weighted by molar-refractivity contribution is 5.07. The van der Waals surface area contributed by atoms with Crippen molar-refractivity contribution in [2.24, 2.45) is 5.73 Å². The van der Waals surface area contributed by atoms with Crippen LogP contribution in [0.25, 0.3) is 0 Å². The third-order valence-electron chi connectivity index (χ3n) is 2.83. The monoisotopic (exact) mass is 181 g/mol. The lowest BCUT2D eigenvalue weighted by molar-refractivity contribution is 0.390. The molecular weight excluding hydrogens is 166 g/mol. The van der Waals surface area contributed by atoms with E-state index in [-0.39, 0.29) is 5.56 Å². The molecule has 13 heavy (non-hydrogen) atoms. The van der Waals surface area contributed by atoms with Crippen LogP contribution in [0.1, 0.15) is 37.3 Å². The Morgan fingerprint density at radius 1 is 1.23 bits per heavy atom. The smallest absolute Gasteiger partial charge is 0.264 e. The minimum Gasteiger partial charge on any atom is -0.328 e. The molecule has 0 aromatic carbocycles. The van der Waals surface area contributed by atoms with Gasteiger partial charge in [0.2, 0.25) is 0 Å². The van der Waals surface area contributed by atoms with Gasteiger partial charge in [0.15, 0.2) is 0 Å². The minimum absolute atomic E-state index is 0.0372. The van der Waals surface area contributed by atoms with Gasteiger partial charge in [-0.1, -0.05) is 0 Å². The van der Waals surface area contributed by atoms with E-state index in [1.54, 1.807) is 6.07 Å². The van der Waals surface area contributed by atoms with E-state index in [1.807, 2.05) is 0 Å². The first kappa shape index (κ1) is 8.56. The largest absolute Gasteiger partial charge is 0.328 e. The fourth-order valence-corrected chi connectivity index (χ4v) is 2.00. The first-order chi connectivity index (χ1) is 6.25. The van der Waals surface area contributed by atoms with Crippen LogP contribution in [0.3, 0.4) is 0 Å². The molecule has 0 spiro atoms. The van der Waals surface area contributed by atoms with Gasteiger partial charge < -0.3 is 10.8 Å². The molecule has 72 valence electrons. The molecular formula is C9H15N3O. The molecule has 0 amide bonds. The molecule has 0 unspecified atom stereocenters. The Balaban J connectivity index is 2.06. The number of aromatic nitrogens is 2. The average Bonchev–Trinajstić information content (AvgIpc) is 2.53. The van der Waals surface area contributed by atoms with Crippen LogP contribution in [-0.4, -0.2) is 16.2 Å². The molecule has 4 heteroatoms. The van der Waals surface area contributed by atoms with Gasteiger partial charge in [-0.15, -0.1) is 0 Å². The predicted octanol–water partition coefficient (Wildman–Crippen LogP) is 0.688. The van der Waals surface area contributed by atoms with Crippen LogP contribution in [0.4, 0.5) is 0 Å². The molecule has 1 aromatic heterocycles. The zero-order valence-corrected chi connectivity index (χ0v) is 7.55. The summed E-state index contributed by atoms with van der Waals surface area (Å²) in [6.07, 6.45) is 4.32. The van der Waals surface area contributed by atoms with Crippen LogP contribution in [0.2, 0.25) is 0 Å². The summed E-state index contributed by atoms with van der Waals surface area (Å²) in [5.74, 6) is 0.499. The molecule has 1 aliphatic rings. The Kier molecular flexibility index (Phi) is 2.22. The topological polar surface area (TPSA) is 74.7 Å². The number of H-pyrrole nitrogens is 2. The maximum Gasteiger partial charge on any atom is 0.264 e. The second kappa shape index (κ2) is 3.38. The van der Waals surface area contributed by atoms with Crippen LogP contribution in [0.15, 0.2) is 10.9 Å². The molecule has 1 heterocycles. The van der Waals surface area contributed by atoms with E-state index >= 15 is 0 Å². The number of rotatable bonds is 1. The molecule has 4 N–H and O–H groups in total. The lowest BCUT2D eigenvalue weighted by Gasteiger charge is -2.24. The van der Waals surface area contributed by atoms with Crippen LogP contribution < -0.4 is 11.3 Å². The normalized spacial score (nSPS) is 29.0. The van der Waals surface area contributed by atoms with Crippen molar-refractivity contribution in [3.05, 3.63) is 22.1 Å². The summed E-state index contributed by atoms with van der Waals surface area (Å²) >= 11 is 0. The lowest BCUT2D eigenvalue weighted by atomic mass is 9.84. The van der Waals surface area contributed by atoms with Crippen molar-refractivity contribution in [1.82, 2.24) is 10.2 Å². The Morgan fingerprint density at radius 2 is 1.92 bits per heavy atom. The Morgan fingerprint density at radius 3 is 2.46 bits per heavy atom. The van der Waals surface area contributed by atoms with Gasteiger partial charge in [0.25, 0.3) is 5.56 Å². The zero-order chi connectivity index (χ0) is 9.26. The molecule has 1 aromatic rings. The quantitative estimate of drug-likeness (QED) is 0.596.